The van der Waals surface area contributed by atoms with E-state index in [1.807, 2.05) is 13.0 Å². The predicted molar refractivity (Wildman–Crippen MR) is 132 cm³/mol. The van der Waals surface area contributed by atoms with Crippen LogP contribution in [0, 0.1) is 12.7 Å². The van der Waals surface area contributed by atoms with Crippen molar-refractivity contribution in [1.29, 1.82) is 0 Å². The molecule has 0 amide bonds. The molecule has 2 aliphatic heterocycles. The molecule has 0 saturated carbocycles. The van der Waals surface area contributed by atoms with E-state index in [-0.39, 0.29) is 17.7 Å². The van der Waals surface area contributed by atoms with Gasteiger partial charge in [0, 0.05) is 56.6 Å². The first kappa shape index (κ1) is 24.3. The molecule has 2 aliphatic rings. The van der Waals surface area contributed by atoms with Gasteiger partial charge in [-0.15, -0.1) is 0 Å². The molecule has 0 unspecified atom stereocenters. The second-order valence-electron chi connectivity index (χ2n) is 9.43. The number of alkyl halides is 3. The van der Waals surface area contributed by atoms with Crippen LogP contribution in [0.5, 0.6) is 0 Å². The summed E-state index contributed by atoms with van der Waals surface area (Å²) in [4.78, 5) is 19.7. The SMILES string of the molecule is Cc1cc(-c2cc(N3CCN(c4ncccc4C(F)(F)F)C[C@H]3C)nc(N3CCCC3)n2)ccc1F. The molecule has 4 heterocycles. The van der Waals surface area contributed by atoms with Crippen molar-refractivity contribution in [3.8, 4) is 11.3 Å². The Kier molecular flexibility index (Phi) is 6.44. The highest BCUT2D eigenvalue weighted by Crippen LogP contribution is 2.36. The summed E-state index contributed by atoms with van der Waals surface area (Å²) in [5.41, 5.74) is 1.31. The number of aromatic nitrogens is 3. The zero-order valence-corrected chi connectivity index (χ0v) is 20.3. The predicted octanol–water partition coefficient (Wildman–Crippen LogP) is 5.32. The van der Waals surface area contributed by atoms with Gasteiger partial charge in [0.2, 0.25) is 5.95 Å². The molecule has 0 spiro atoms. The number of nitrogens with zero attached hydrogens (tertiary/aromatic N) is 6. The Morgan fingerprint density at radius 3 is 2.42 bits per heavy atom. The van der Waals surface area contributed by atoms with Crippen LogP contribution in [-0.2, 0) is 6.18 Å². The fourth-order valence-electron chi connectivity index (χ4n) is 4.94. The Labute approximate surface area is 207 Å². The Balaban J connectivity index is 1.46. The third kappa shape index (κ3) is 4.81. The normalized spacial score (nSPS) is 18.7. The van der Waals surface area contributed by atoms with Gasteiger partial charge in [-0.1, -0.05) is 0 Å². The van der Waals surface area contributed by atoms with Gasteiger partial charge < -0.3 is 14.7 Å². The number of hydrogen-bond acceptors (Lipinski definition) is 6. The lowest BCUT2D eigenvalue weighted by molar-refractivity contribution is -0.137. The van der Waals surface area contributed by atoms with E-state index < -0.39 is 11.7 Å². The van der Waals surface area contributed by atoms with Crippen LogP contribution in [0.1, 0.15) is 30.9 Å². The van der Waals surface area contributed by atoms with Crippen molar-refractivity contribution in [2.45, 2.75) is 38.9 Å². The summed E-state index contributed by atoms with van der Waals surface area (Å²) in [6.07, 6.45) is -0.937. The van der Waals surface area contributed by atoms with Crippen LogP contribution >= 0.6 is 0 Å². The maximum atomic E-state index is 13.9. The van der Waals surface area contributed by atoms with Crippen LogP contribution < -0.4 is 14.7 Å². The minimum absolute atomic E-state index is 0.0422. The van der Waals surface area contributed by atoms with Crippen molar-refractivity contribution in [1.82, 2.24) is 15.0 Å². The number of anilines is 3. The van der Waals surface area contributed by atoms with E-state index in [0.29, 0.717) is 42.7 Å². The number of aryl methyl sites for hydroxylation is 1. The van der Waals surface area contributed by atoms with Gasteiger partial charge >= 0.3 is 6.18 Å². The monoisotopic (exact) mass is 500 g/mol. The third-order valence-electron chi connectivity index (χ3n) is 6.86. The Hall–Kier alpha value is -3.43. The van der Waals surface area contributed by atoms with Crippen LogP contribution in [0.2, 0.25) is 0 Å². The fraction of sp³-hybridized carbons (Fsp3) is 0.423. The zero-order chi connectivity index (χ0) is 25.4. The summed E-state index contributed by atoms with van der Waals surface area (Å²) in [5.74, 6) is 1.03. The highest BCUT2D eigenvalue weighted by atomic mass is 19.4. The number of piperazine rings is 1. The van der Waals surface area contributed by atoms with Crippen molar-refractivity contribution >= 4 is 17.6 Å². The molecule has 3 aromatic rings. The van der Waals surface area contributed by atoms with Crippen LogP contribution in [-0.4, -0.2) is 53.7 Å². The number of pyridine rings is 1. The van der Waals surface area contributed by atoms with E-state index in [4.69, 9.17) is 9.97 Å². The van der Waals surface area contributed by atoms with Crippen LogP contribution in [0.15, 0.2) is 42.6 Å². The Morgan fingerprint density at radius 1 is 0.944 bits per heavy atom. The summed E-state index contributed by atoms with van der Waals surface area (Å²) in [7, 11) is 0. The summed E-state index contributed by atoms with van der Waals surface area (Å²) < 4.78 is 54.6. The van der Waals surface area contributed by atoms with E-state index in [1.54, 1.807) is 24.0 Å². The van der Waals surface area contributed by atoms with Gasteiger partial charge in [0.05, 0.1) is 11.3 Å². The van der Waals surface area contributed by atoms with E-state index >= 15 is 0 Å². The molecule has 36 heavy (non-hydrogen) atoms. The van der Waals surface area contributed by atoms with Crippen molar-refractivity contribution in [3.63, 3.8) is 0 Å². The summed E-state index contributed by atoms with van der Waals surface area (Å²) in [5, 5.41) is 0. The molecule has 2 fully saturated rings. The highest BCUT2D eigenvalue weighted by molar-refractivity contribution is 5.66. The van der Waals surface area contributed by atoms with Crippen molar-refractivity contribution in [2.75, 3.05) is 47.4 Å². The molecule has 0 radical (unpaired) electrons. The van der Waals surface area contributed by atoms with Gasteiger partial charge in [0.15, 0.2) is 0 Å². The second-order valence-corrected chi connectivity index (χ2v) is 9.43. The number of hydrogen-bond donors (Lipinski definition) is 0. The van der Waals surface area contributed by atoms with Crippen molar-refractivity contribution in [2.24, 2.45) is 0 Å². The lowest BCUT2D eigenvalue weighted by atomic mass is 10.1. The first-order valence-electron chi connectivity index (χ1n) is 12.1. The maximum Gasteiger partial charge on any atom is 0.419 e. The van der Waals surface area contributed by atoms with Gasteiger partial charge in [-0.05, 0) is 62.6 Å². The largest absolute Gasteiger partial charge is 0.419 e. The van der Waals surface area contributed by atoms with Gasteiger partial charge in [-0.25, -0.2) is 14.4 Å². The fourth-order valence-corrected chi connectivity index (χ4v) is 4.94. The highest BCUT2D eigenvalue weighted by Gasteiger charge is 2.37. The first-order valence-corrected chi connectivity index (χ1v) is 12.1. The lowest BCUT2D eigenvalue weighted by Gasteiger charge is -2.41. The molecular weight excluding hydrogens is 472 g/mol. The first-order chi connectivity index (χ1) is 17.2. The number of rotatable bonds is 4. The molecule has 1 atom stereocenters. The summed E-state index contributed by atoms with van der Waals surface area (Å²) in [6.45, 7) is 6.65. The average molecular weight is 501 g/mol. The molecule has 1 aromatic carbocycles. The quantitative estimate of drug-likeness (QED) is 0.452. The van der Waals surface area contributed by atoms with Crippen molar-refractivity contribution < 1.29 is 17.6 Å². The van der Waals surface area contributed by atoms with Crippen molar-refractivity contribution in [3.05, 3.63) is 59.5 Å². The number of halogens is 4. The Bertz CT molecular complexity index is 1240. The minimum atomic E-state index is -4.47. The zero-order valence-electron chi connectivity index (χ0n) is 20.3. The van der Waals surface area contributed by atoms with E-state index in [1.165, 1.54) is 18.3 Å². The molecule has 5 rings (SSSR count). The van der Waals surface area contributed by atoms with Crippen LogP contribution in [0.4, 0.5) is 35.1 Å². The Morgan fingerprint density at radius 2 is 1.72 bits per heavy atom. The standard InChI is InChI=1S/C26H28F4N6/c1-17-14-19(7-8-21(17)27)22-15-23(33-25(32-22)34-10-3-4-11-34)36-13-12-35(16-18(36)2)24-20(26(28,29)30)6-5-9-31-24/h5-9,14-15,18H,3-4,10-13,16H2,1-2H3/t18-/m1/s1. The molecule has 0 N–H and O–H groups in total. The molecule has 190 valence electrons. The van der Waals surface area contributed by atoms with E-state index in [0.717, 1.165) is 37.6 Å². The molecule has 0 bridgehead atoms. The molecule has 0 aliphatic carbocycles. The van der Waals surface area contributed by atoms with E-state index in [2.05, 4.69) is 14.8 Å². The van der Waals surface area contributed by atoms with Gasteiger partial charge in [0.1, 0.15) is 17.5 Å². The summed E-state index contributed by atoms with van der Waals surface area (Å²) >= 11 is 0. The molecule has 2 aromatic heterocycles. The van der Waals surface area contributed by atoms with E-state index in [9.17, 15) is 17.6 Å². The number of benzene rings is 1. The molecular formula is C26H28F4N6. The minimum Gasteiger partial charge on any atom is -0.352 e. The maximum absolute atomic E-state index is 13.9. The van der Waals surface area contributed by atoms with Crippen LogP contribution in [0.3, 0.4) is 0 Å². The molecule has 6 nitrogen and oxygen atoms in total. The second kappa shape index (κ2) is 9.55. The molecule has 10 heteroatoms. The average Bonchev–Trinajstić information content (AvgIpc) is 3.40. The van der Waals surface area contributed by atoms with Crippen LogP contribution in [0.25, 0.3) is 11.3 Å². The lowest BCUT2D eigenvalue weighted by Crippen LogP contribution is -2.53. The third-order valence-corrected chi connectivity index (χ3v) is 6.86. The van der Waals surface area contributed by atoms with Gasteiger partial charge in [0.25, 0.3) is 0 Å². The van der Waals surface area contributed by atoms with Gasteiger partial charge in [-0.2, -0.15) is 18.2 Å². The topological polar surface area (TPSA) is 48.4 Å². The summed E-state index contributed by atoms with van der Waals surface area (Å²) in [6, 6.07) is 9.08. The molecule has 2 saturated heterocycles. The smallest absolute Gasteiger partial charge is 0.352 e. The van der Waals surface area contributed by atoms with Gasteiger partial charge in [-0.3, -0.25) is 0 Å².